The number of carboxylic acids is 1. The third-order valence-electron chi connectivity index (χ3n) is 2.55. The summed E-state index contributed by atoms with van der Waals surface area (Å²) in [5.41, 5.74) is -0.906. The van der Waals surface area contributed by atoms with Crippen LogP contribution < -0.4 is 0 Å². The van der Waals surface area contributed by atoms with Crippen molar-refractivity contribution in [2.24, 2.45) is 0 Å². The van der Waals surface area contributed by atoms with Gasteiger partial charge in [0, 0.05) is 11.0 Å². The molecule has 16 heavy (non-hydrogen) atoms. The van der Waals surface area contributed by atoms with Gasteiger partial charge in [-0.2, -0.15) is 0 Å². The normalized spacial score (nSPS) is 11.6. The van der Waals surface area contributed by atoms with E-state index in [9.17, 15) is 13.6 Å². The molecule has 0 unspecified atom stereocenters. The molecule has 1 rings (SSSR count). The predicted molar refractivity (Wildman–Crippen MR) is 56.4 cm³/mol. The van der Waals surface area contributed by atoms with Crippen LogP contribution in [0.1, 0.15) is 31.4 Å². The van der Waals surface area contributed by atoms with Crippen LogP contribution >= 0.6 is 0 Å². The van der Waals surface area contributed by atoms with Crippen LogP contribution in [0.15, 0.2) is 12.1 Å². The number of benzene rings is 1. The van der Waals surface area contributed by atoms with Crippen LogP contribution in [0.3, 0.4) is 0 Å². The Morgan fingerprint density at radius 2 is 1.94 bits per heavy atom. The smallest absolute Gasteiger partial charge is 0.304 e. The van der Waals surface area contributed by atoms with Crippen LogP contribution in [-0.4, -0.2) is 11.1 Å². The molecule has 1 aromatic carbocycles. The summed E-state index contributed by atoms with van der Waals surface area (Å²) < 4.78 is 27.3. The third kappa shape index (κ3) is 2.38. The van der Waals surface area contributed by atoms with E-state index in [1.807, 2.05) is 0 Å². The first-order valence-electron chi connectivity index (χ1n) is 4.92. The first kappa shape index (κ1) is 12.6. The molecule has 88 valence electrons. The first-order chi connectivity index (χ1) is 7.25. The molecule has 0 heterocycles. The van der Waals surface area contributed by atoms with Gasteiger partial charge in [-0.05, 0) is 18.6 Å². The Morgan fingerprint density at radius 1 is 1.38 bits per heavy atom. The summed E-state index contributed by atoms with van der Waals surface area (Å²) in [5, 5.41) is 8.72. The van der Waals surface area contributed by atoms with Crippen LogP contribution in [0, 0.1) is 18.6 Å². The van der Waals surface area contributed by atoms with Crippen molar-refractivity contribution >= 4 is 5.97 Å². The monoisotopic (exact) mass is 228 g/mol. The number of carbonyl (C=O) groups is 1. The van der Waals surface area contributed by atoms with E-state index in [-0.39, 0.29) is 12.0 Å². The molecule has 0 aliphatic heterocycles. The third-order valence-corrected chi connectivity index (χ3v) is 2.55. The number of halogens is 2. The molecule has 0 aromatic heterocycles. The maximum atomic E-state index is 13.8. The van der Waals surface area contributed by atoms with E-state index in [0.717, 1.165) is 6.07 Å². The molecular formula is C12H14F2O2. The van der Waals surface area contributed by atoms with Crippen molar-refractivity contribution in [3.8, 4) is 0 Å². The van der Waals surface area contributed by atoms with E-state index in [1.54, 1.807) is 0 Å². The van der Waals surface area contributed by atoms with Gasteiger partial charge in [0.05, 0.1) is 6.42 Å². The van der Waals surface area contributed by atoms with Crippen molar-refractivity contribution in [2.45, 2.75) is 32.6 Å². The summed E-state index contributed by atoms with van der Waals surface area (Å²) in [6.45, 7) is 4.55. The summed E-state index contributed by atoms with van der Waals surface area (Å²) in [4.78, 5) is 10.7. The summed E-state index contributed by atoms with van der Waals surface area (Å²) in [6.07, 6.45) is -0.315. The fourth-order valence-corrected chi connectivity index (χ4v) is 1.74. The van der Waals surface area contributed by atoms with E-state index >= 15 is 0 Å². The molecule has 1 N–H and O–H groups in total. The number of hydrogen-bond acceptors (Lipinski definition) is 1. The molecule has 0 aliphatic carbocycles. The standard InChI is InChI=1S/C12H14F2O2/c1-7-4-5-8(13)10(11(7)14)12(2,3)6-9(15)16/h4-5H,6H2,1-3H3,(H,15,16). The number of aryl methyl sites for hydroxylation is 1. The summed E-state index contributed by atoms with van der Waals surface area (Å²) in [5.74, 6) is -2.44. The molecular weight excluding hydrogens is 214 g/mol. The molecule has 0 amide bonds. The Balaban J connectivity index is 3.31. The van der Waals surface area contributed by atoms with Crippen molar-refractivity contribution in [2.75, 3.05) is 0 Å². The SMILES string of the molecule is Cc1ccc(F)c(C(C)(C)CC(=O)O)c1F. The molecule has 0 saturated carbocycles. The number of carboxylic acid groups (broad SMARTS) is 1. The number of hydrogen-bond donors (Lipinski definition) is 1. The molecule has 4 heteroatoms. The van der Waals surface area contributed by atoms with Gasteiger partial charge in [0.15, 0.2) is 0 Å². The Labute approximate surface area is 92.9 Å². The van der Waals surface area contributed by atoms with Gasteiger partial charge in [-0.25, -0.2) is 8.78 Å². The van der Waals surface area contributed by atoms with Gasteiger partial charge < -0.3 is 5.11 Å². The fraction of sp³-hybridized carbons (Fsp3) is 0.417. The van der Waals surface area contributed by atoms with Gasteiger partial charge in [-0.3, -0.25) is 4.79 Å². The van der Waals surface area contributed by atoms with Gasteiger partial charge in [0.2, 0.25) is 0 Å². The molecule has 0 fully saturated rings. The highest BCUT2D eigenvalue weighted by Crippen LogP contribution is 2.32. The van der Waals surface area contributed by atoms with Crippen molar-refractivity contribution < 1.29 is 18.7 Å². The minimum absolute atomic E-state index is 0.157. The average Bonchev–Trinajstić information content (AvgIpc) is 2.09. The maximum Gasteiger partial charge on any atom is 0.304 e. The molecule has 0 atom stereocenters. The average molecular weight is 228 g/mol. The van der Waals surface area contributed by atoms with Crippen LogP contribution in [0.5, 0.6) is 0 Å². The molecule has 0 radical (unpaired) electrons. The second-order valence-electron chi connectivity index (χ2n) is 4.51. The molecule has 0 bridgehead atoms. The van der Waals surface area contributed by atoms with E-state index in [0.29, 0.717) is 5.56 Å². The van der Waals surface area contributed by atoms with E-state index in [4.69, 9.17) is 5.11 Å². The van der Waals surface area contributed by atoms with Gasteiger partial charge in [0.1, 0.15) is 11.6 Å². The van der Waals surface area contributed by atoms with Crippen molar-refractivity contribution in [1.82, 2.24) is 0 Å². The van der Waals surface area contributed by atoms with E-state index in [1.165, 1.54) is 26.8 Å². The molecule has 2 nitrogen and oxygen atoms in total. The predicted octanol–water partition coefficient (Wildman–Crippen LogP) is 3.03. The lowest BCUT2D eigenvalue weighted by Gasteiger charge is -2.24. The second kappa shape index (κ2) is 4.20. The Kier molecular flexibility index (Phi) is 3.31. The fourth-order valence-electron chi connectivity index (χ4n) is 1.74. The highest BCUT2D eigenvalue weighted by atomic mass is 19.1. The zero-order valence-electron chi connectivity index (χ0n) is 9.47. The molecule has 0 saturated heterocycles. The lowest BCUT2D eigenvalue weighted by atomic mass is 9.80. The molecule has 0 aliphatic rings. The Morgan fingerprint density at radius 3 is 2.44 bits per heavy atom. The van der Waals surface area contributed by atoms with Crippen molar-refractivity contribution in [3.63, 3.8) is 0 Å². The Hall–Kier alpha value is -1.45. The lowest BCUT2D eigenvalue weighted by molar-refractivity contribution is -0.138. The highest BCUT2D eigenvalue weighted by Gasteiger charge is 2.30. The Bertz CT molecular complexity index is 425. The van der Waals surface area contributed by atoms with Crippen LogP contribution in [0.2, 0.25) is 0 Å². The minimum atomic E-state index is -1.08. The van der Waals surface area contributed by atoms with Crippen LogP contribution in [0.4, 0.5) is 8.78 Å². The van der Waals surface area contributed by atoms with Gasteiger partial charge in [-0.1, -0.05) is 19.9 Å². The summed E-state index contributed by atoms with van der Waals surface area (Å²) >= 11 is 0. The van der Waals surface area contributed by atoms with Gasteiger partial charge in [0.25, 0.3) is 0 Å². The minimum Gasteiger partial charge on any atom is -0.481 e. The number of aliphatic carboxylic acids is 1. The summed E-state index contributed by atoms with van der Waals surface area (Å²) in [6, 6.07) is 2.50. The molecule has 1 aromatic rings. The lowest BCUT2D eigenvalue weighted by Crippen LogP contribution is -2.25. The zero-order valence-corrected chi connectivity index (χ0v) is 9.47. The first-order valence-corrected chi connectivity index (χ1v) is 4.92. The van der Waals surface area contributed by atoms with Crippen LogP contribution in [0.25, 0.3) is 0 Å². The van der Waals surface area contributed by atoms with E-state index < -0.39 is 23.0 Å². The molecule has 0 spiro atoms. The largest absolute Gasteiger partial charge is 0.481 e. The quantitative estimate of drug-likeness (QED) is 0.863. The zero-order chi connectivity index (χ0) is 12.5. The van der Waals surface area contributed by atoms with Crippen molar-refractivity contribution in [1.29, 1.82) is 0 Å². The van der Waals surface area contributed by atoms with E-state index in [2.05, 4.69) is 0 Å². The number of rotatable bonds is 3. The van der Waals surface area contributed by atoms with Crippen molar-refractivity contribution in [3.05, 3.63) is 34.9 Å². The topological polar surface area (TPSA) is 37.3 Å². The second-order valence-corrected chi connectivity index (χ2v) is 4.51. The summed E-state index contributed by atoms with van der Waals surface area (Å²) in [7, 11) is 0. The highest BCUT2D eigenvalue weighted by molar-refractivity contribution is 5.69. The van der Waals surface area contributed by atoms with Crippen LogP contribution in [-0.2, 0) is 10.2 Å². The van der Waals surface area contributed by atoms with Gasteiger partial charge >= 0.3 is 5.97 Å². The van der Waals surface area contributed by atoms with Gasteiger partial charge in [-0.15, -0.1) is 0 Å². The maximum absolute atomic E-state index is 13.8.